The zero-order valence-electron chi connectivity index (χ0n) is 13.9. The summed E-state index contributed by atoms with van der Waals surface area (Å²) in [7, 11) is 0. The average Bonchev–Trinajstić information content (AvgIpc) is 3.29. The van der Waals surface area contributed by atoms with Crippen LogP contribution >= 0.6 is 0 Å². The molecule has 3 heterocycles. The molecule has 1 saturated heterocycles. The lowest BCUT2D eigenvalue weighted by Crippen LogP contribution is -2.44. The summed E-state index contributed by atoms with van der Waals surface area (Å²) in [6.45, 7) is 0.688. The van der Waals surface area contributed by atoms with E-state index < -0.39 is 5.97 Å². The molecule has 0 bridgehead atoms. The number of carbonyl (C=O) groups is 2. The van der Waals surface area contributed by atoms with Crippen molar-refractivity contribution in [3.63, 3.8) is 0 Å². The number of amides is 1. The van der Waals surface area contributed by atoms with Crippen molar-refractivity contribution in [2.45, 2.75) is 51.0 Å². The Morgan fingerprint density at radius 1 is 1.32 bits per heavy atom. The van der Waals surface area contributed by atoms with E-state index in [4.69, 9.17) is 14.0 Å². The van der Waals surface area contributed by atoms with Crippen LogP contribution in [0, 0.1) is 0 Å². The third kappa shape index (κ3) is 4.46. The molecule has 0 spiro atoms. The Morgan fingerprint density at radius 2 is 2.20 bits per heavy atom. The number of aryl methyl sites for hydroxylation is 1. The van der Waals surface area contributed by atoms with Crippen LogP contribution in [-0.4, -0.2) is 44.6 Å². The molecule has 134 valence electrons. The molecule has 2 aromatic rings. The molecule has 0 aliphatic carbocycles. The minimum absolute atomic E-state index is 0.0122. The number of hydrogen-bond acceptors (Lipinski definition) is 6. The first-order chi connectivity index (χ1) is 12.1. The summed E-state index contributed by atoms with van der Waals surface area (Å²) in [6.07, 6.45) is 7.15. The number of carbonyl (C=O) groups excluding carboxylic acids is 1. The molecular formula is C17H21N3O5. The molecule has 0 radical (unpaired) electrons. The van der Waals surface area contributed by atoms with Gasteiger partial charge in [0.2, 0.25) is 17.6 Å². The number of carboxylic acids is 1. The van der Waals surface area contributed by atoms with Crippen molar-refractivity contribution in [2.75, 3.05) is 6.54 Å². The number of rotatable bonds is 7. The van der Waals surface area contributed by atoms with E-state index >= 15 is 0 Å². The van der Waals surface area contributed by atoms with E-state index in [1.165, 1.54) is 12.5 Å². The van der Waals surface area contributed by atoms with Gasteiger partial charge < -0.3 is 18.9 Å². The molecule has 0 unspecified atom stereocenters. The van der Waals surface area contributed by atoms with E-state index in [9.17, 15) is 9.59 Å². The molecule has 1 aliphatic heterocycles. The fraction of sp³-hybridized carbons (Fsp3) is 0.529. The fourth-order valence-electron chi connectivity index (χ4n) is 3.14. The summed E-state index contributed by atoms with van der Waals surface area (Å²) in [5, 5.41) is 12.7. The van der Waals surface area contributed by atoms with Crippen molar-refractivity contribution in [3.05, 3.63) is 24.5 Å². The quantitative estimate of drug-likeness (QED) is 0.819. The maximum atomic E-state index is 12.5. The topological polar surface area (TPSA) is 110 Å². The van der Waals surface area contributed by atoms with Gasteiger partial charge in [-0.1, -0.05) is 5.16 Å². The van der Waals surface area contributed by atoms with Crippen LogP contribution < -0.4 is 0 Å². The predicted octanol–water partition coefficient (Wildman–Crippen LogP) is 2.51. The minimum atomic E-state index is -0.824. The standard InChI is InChI=1S/C17H21N3O5/c21-15(20-9-2-1-3-13(20)4-7-16(22)23)6-5-14-18-17(19-25-14)12-8-10-24-11-12/h8,10-11,13H,1-7,9H2,(H,22,23)/t13-/m0/s1. The van der Waals surface area contributed by atoms with Crippen molar-refractivity contribution in [3.8, 4) is 11.4 Å². The highest BCUT2D eigenvalue weighted by Crippen LogP contribution is 2.22. The first kappa shape index (κ1) is 17.2. The second-order valence-corrected chi connectivity index (χ2v) is 6.19. The van der Waals surface area contributed by atoms with Crippen LogP contribution in [0.4, 0.5) is 0 Å². The number of aliphatic carboxylic acids is 1. The Bertz CT molecular complexity index is 710. The monoisotopic (exact) mass is 347 g/mol. The Labute approximate surface area is 144 Å². The second-order valence-electron chi connectivity index (χ2n) is 6.19. The van der Waals surface area contributed by atoms with Gasteiger partial charge in [-0.15, -0.1) is 0 Å². The number of aromatic nitrogens is 2. The molecule has 3 rings (SSSR count). The van der Waals surface area contributed by atoms with Crippen molar-refractivity contribution < 1.29 is 23.6 Å². The Morgan fingerprint density at radius 3 is 2.96 bits per heavy atom. The number of carboxylic acid groups (broad SMARTS) is 1. The molecule has 0 saturated carbocycles. The third-order valence-corrected chi connectivity index (χ3v) is 4.44. The van der Waals surface area contributed by atoms with E-state index in [-0.39, 0.29) is 24.8 Å². The number of nitrogens with zero attached hydrogens (tertiary/aromatic N) is 3. The summed E-state index contributed by atoms with van der Waals surface area (Å²) < 4.78 is 10.2. The largest absolute Gasteiger partial charge is 0.481 e. The second kappa shape index (κ2) is 7.96. The predicted molar refractivity (Wildman–Crippen MR) is 86.5 cm³/mol. The van der Waals surface area contributed by atoms with Gasteiger partial charge in [0.05, 0.1) is 11.8 Å². The molecule has 2 aromatic heterocycles. The average molecular weight is 347 g/mol. The molecule has 1 atom stereocenters. The third-order valence-electron chi connectivity index (χ3n) is 4.44. The van der Waals surface area contributed by atoms with Crippen LogP contribution in [0.25, 0.3) is 11.4 Å². The highest BCUT2D eigenvalue weighted by atomic mass is 16.5. The highest BCUT2D eigenvalue weighted by molar-refractivity contribution is 5.77. The van der Waals surface area contributed by atoms with Crippen LogP contribution in [0.3, 0.4) is 0 Å². The van der Waals surface area contributed by atoms with Crippen molar-refractivity contribution in [1.29, 1.82) is 0 Å². The van der Waals surface area contributed by atoms with Gasteiger partial charge in [0.25, 0.3) is 0 Å². The number of hydrogen-bond donors (Lipinski definition) is 1. The molecule has 1 fully saturated rings. The van der Waals surface area contributed by atoms with Gasteiger partial charge in [0.1, 0.15) is 6.26 Å². The van der Waals surface area contributed by atoms with Gasteiger partial charge in [0, 0.05) is 31.8 Å². The fourth-order valence-corrected chi connectivity index (χ4v) is 3.14. The Kier molecular flexibility index (Phi) is 5.47. The van der Waals surface area contributed by atoms with Crippen molar-refractivity contribution in [2.24, 2.45) is 0 Å². The number of piperidine rings is 1. The molecule has 1 N–H and O–H groups in total. The first-order valence-corrected chi connectivity index (χ1v) is 8.50. The smallest absolute Gasteiger partial charge is 0.303 e. The molecule has 25 heavy (non-hydrogen) atoms. The van der Waals surface area contributed by atoms with Gasteiger partial charge in [-0.05, 0) is 31.7 Å². The maximum Gasteiger partial charge on any atom is 0.303 e. The van der Waals surface area contributed by atoms with Gasteiger partial charge in [-0.2, -0.15) is 4.98 Å². The highest BCUT2D eigenvalue weighted by Gasteiger charge is 2.27. The molecule has 8 nitrogen and oxygen atoms in total. The Balaban J connectivity index is 1.54. The molecule has 0 aromatic carbocycles. The van der Waals surface area contributed by atoms with Crippen LogP contribution in [-0.2, 0) is 16.0 Å². The van der Waals surface area contributed by atoms with Gasteiger partial charge in [-0.3, -0.25) is 9.59 Å². The first-order valence-electron chi connectivity index (χ1n) is 8.50. The van der Waals surface area contributed by atoms with Crippen molar-refractivity contribution >= 4 is 11.9 Å². The molecular weight excluding hydrogens is 326 g/mol. The molecule has 8 heteroatoms. The lowest BCUT2D eigenvalue weighted by Gasteiger charge is -2.35. The Hall–Kier alpha value is -2.64. The van der Waals surface area contributed by atoms with E-state index in [1.54, 1.807) is 6.07 Å². The van der Waals surface area contributed by atoms with E-state index in [1.807, 2.05) is 4.90 Å². The van der Waals surface area contributed by atoms with Crippen LogP contribution in [0.2, 0.25) is 0 Å². The SMILES string of the molecule is O=C(O)CC[C@@H]1CCCCN1C(=O)CCc1nc(-c2ccoc2)no1. The minimum Gasteiger partial charge on any atom is -0.481 e. The van der Waals surface area contributed by atoms with E-state index in [0.717, 1.165) is 24.8 Å². The van der Waals surface area contributed by atoms with Crippen LogP contribution in [0.15, 0.2) is 27.5 Å². The van der Waals surface area contributed by atoms with E-state index in [2.05, 4.69) is 10.1 Å². The number of furan rings is 1. The lowest BCUT2D eigenvalue weighted by atomic mass is 9.97. The molecule has 1 amide bonds. The van der Waals surface area contributed by atoms with E-state index in [0.29, 0.717) is 31.1 Å². The zero-order chi connectivity index (χ0) is 17.6. The summed E-state index contributed by atoms with van der Waals surface area (Å²) in [5.41, 5.74) is 0.728. The van der Waals surface area contributed by atoms with Gasteiger partial charge >= 0.3 is 5.97 Å². The van der Waals surface area contributed by atoms with Crippen LogP contribution in [0.5, 0.6) is 0 Å². The van der Waals surface area contributed by atoms with Crippen molar-refractivity contribution in [1.82, 2.24) is 15.0 Å². The number of likely N-dealkylation sites (tertiary alicyclic amines) is 1. The zero-order valence-corrected chi connectivity index (χ0v) is 13.9. The van der Waals surface area contributed by atoms with Gasteiger partial charge in [-0.25, -0.2) is 0 Å². The summed E-state index contributed by atoms with van der Waals surface area (Å²) in [6, 6.07) is 1.75. The van der Waals surface area contributed by atoms with Gasteiger partial charge in [0.15, 0.2) is 0 Å². The van der Waals surface area contributed by atoms with Crippen LogP contribution in [0.1, 0.15) is 44.4 Å². The lowest BCUT2D eigenvalue weighted by molar-refractivity contribution is -0.140. The summed E-state index contributed by atoms with van der Waals surface area (Å²) in [5.74, 6) is 0.0332. The summed E-state index contributed by atoms with van der Waals surface area (Å²) in [4.78, 5) is 29.4. The normalized spacial score (nSPS) is 17.6. The molecule has 1 aliphatic rings. The summed E-state index contributed by atoms with van der Waals surface area (Å²) >= 11 is 0. The maximum absolute atomic E-state index is 12.5.